The van der Waals surface area contributed by atoms with Gasteiger partial charge in [0.1, 0.15) is 12.0 Å². The standard InChI is InChI=1S/C14H16N4/c1-2-10-11(3-1)18-14-12(10)13(16-8-17-14)9-4-6-15-7-5-9/h4,8,15H,1-3,5-7H2,(H,16,17,18). The van der Waals surface area contributed by atoms with E-state index >= 15 is 0 Å². The lowest BCUT2D eigenvalue weighted by Crippen LogP contribution is -2.20. The van der Waals surface area contributed by atoms with Gasteiger partial charge in [-0.25, -0.2) is 9.97 Å². The van der Waals surface area contributed by atoms with Crippen LogP contribution in [0.15, 0.2) is 12.4 Å². The maximum absolute atomic E-state index is 4.55. The normalized spacial score (nSPS) is 19.0. The number of hydrogen-bond acceptors (Lipinski definition) is 3. The number of hydrogen-bond donors (Lipinski definition) is 2. The Morgan fingerprint density at radius 2 is 2.11 bits per heavy atom. The van der Waals surface area contributed by atoms with Gasteiger partial charge in [-0.2, -0.15) is 0 Å². The fourth-order valence-electron chi connectivity index (χ4n) is 3.15. The highest BCUT2D eigenvalue weighted by molar-refractivity contribution is 5.92. The van der Waals surface area contributed by atoms with Crippen molar-refractivity contribution in [3.63, 3.8) is 0 Å². The molecule has 4 rings (SSSR count). The smallest absolute Gasteiger partial charge is 0.141 e. The van der Waals surface area contributed by atoms with Crippen molar-refractivity contribution in [1.29, 1.82) is 0 Å². The maximum Gasteiger partial charge on any atom is 0.141 e. The van der Waals surface area contributed by atoms with E-state index in [4.69, 9.17) is 0 Å². The first-order valence-electron chi connectivity index (χ1n) is 6.68. The Bertz CT molecular complexity index is 639. The monoisotopic (exact) mass is 240 g/mol. The summed E-state index contributed by atoms with van der Waals surface area (Å²) >= 11 is 0. The van der Waals surface area contributed by atoms with E-state index in [-0.39, 0.29) is 0 Å². The van der Waals surface area contributed by atoms with Crippen molar-refractivity contribution in [2.45, 2.75) is 25.7 Å². The van der Waals surface area contributed by atoms with Gasteiger partial charge in [0.25, 0.3) is 0 Å². The summed E-state index contributed by atoms with van der Waals surface area (Å²) in [6.07, 6.45) is 8.59. The lowest BCUT2D eigenvalue weighted by atomic mass is 10.0. The minimum atomic E-state index is 0.952. The maximum atomic E-state index is 4.55. The molecule has 0 saturated carbocycles. The third kappa shape index (κ3) is 1.42. The lowest BCUT2D eigenvalue weighted by Gasteiger charge is -2.14. The SMILES string of the molecule is C1=C(c2ncnc3[nH]c4c(c23)CCC4)CCNC1. The van der Waals surface area contributed by atoms with Crippen LogP contribution in [0.25, 0.3) is 16.6 Å². The van der Waals surface area contributed by atoms with Gasteiger partial charge in [-0.3, -0.25) is 0 Å². The molecule has 2 N–H and O–H groups in total. The summed E-state index contributed by atoms with van der Waals surface area (Å²) in [4.78, 5) is 12.4. The van der Waals surface area contributed by atoms with E-state index in [1.54, 1.807) is 6.33 Å². The molecular weight excluding hydrogens is 224 g/mol. The Morgan fingerprint density at radius 1 is 1.11 bits per heavy atom. The van der Waals surface area contributed by atoms with Gasteiger partial charge in [0.05, 0.1) is 5.69 Å². The van der Waals surface area contributed by atoms with Crippen LogP contribution in [0.4, 0.5) is 0 Å². The summed E-state index contributed by atoms with van der Waals surface area (Å²) in [5, 5.41) is 4.63. The molecule has 0 aromatic carbocycles. The number of aromatic nitrogens is 3. The summed E-state index contributed by atoms with van der Waals surface area (Å²) in [5.74, 6) is 0. The largest absolute Gasteiger partial charge is 0.343 e. The predicted octanol–water partition coefficient (Wildman–Crippen LogP) is 1.82. The number of aromatic amines is 1. The highest BCUT2D eigenvalue weighted by atomic mass is 14.9. The average molecular weight is 240 g/mol. The number of aryl methyl sites for hydroxylation is 2. The van der Waals surface area contributed by atoms with Crippen LogP contribution in [0.5, 0.6) is 0 Å². The van der Waals surface area contributed by atoms with E-state index < -0.39 is 0 Å². The summed E-state index contributed by atoms with van der Waals surface area (Å²) in [6.45, 7) is 2.00. The van der Waals surface area contributed by atoms with Gasteiger partial charge in [-0.05, 0) is 43.4 Å². The fourth-order valence-corrected chi connectivity index (χ4v) is 3.15. The first-order chi connectivity index (χ1) is 8.93. The second-order valence-electron chi connectivity index (χ2n) is 5.07. The average Bonchev–Trinajstić information content (AvgIpc) is 2.99. The second kappa shape index (κ2) is 3.92. The van der Waals surface area contributed by atoms with Gasteiger partial charge in [0.15, 0.2) is 0 Å². The van der Waals surface area contributed by atoms with E-state index in [1.165, 1.54) is 35.1 Å². The van der Waals surface area contributed by atoms with Crippen LogP contribution < -0.4 is 5.32 Å². The topological polar surface area (TPSA) is 53.6 Å². The zero-order valence-corrected chi connectivity index (χ0v) is 10.3. The molecule has 0 radical (unpaired) electrons. The summed E-state index contributed by atoms with van der Waals surface area (Å²) < 4.78 is 0. The Labute approximate surface area is 106 Å². The Hall–Kier alpha value is -1.68. The number of nitrogens with zero attached hydrogens (tertiary/aromatic N) is 2. The van der Waals surface area contributed by atoms with Crippen LogP contribution in [-0.2, 0) is 12.8 Å². The molecule has 3 heterocycles. The highest BCUT2D eigenvalue weighted by Gasteiger charge is 2.22. The molecule has 0 atom stereocenters. The molecule has 0 fully saturated rings. The molecule has 0 saturated heterocycles. The van der Waals surface area contributed by atoms with Crippen LogP contribution in [0, 0.1) is 0 Å². The molecule has 18 heavy (non-hydrogen) atoms. The molecule has 0 bridgehead atoms. The Kier molecular flexibility index (Phi) is 2.23. The summed E-state index contributed by atoms with van der Waals surface area (Å²) in [7, 11) is 0. The van der Waals surface area contributed by atoms with E-state index in [1.807, 2.05) is 0 Å². The van der Waals surface area contributed by atoms with E-state index in [0.717, 1.165) is 37.3 Å². The zero-order valence-electron chi connectivity index (χ0n) is 10.3. The number of H-pyrrole nitrogens is 1. The zero-order chi connectivity index (χ0) is 11.9. The third-order valence-electron chi connectivity index (χ3n) is 4.00. The molecule has 2 aliphatic rings. The van der Waals surface area contributed by atoms with Gasteiger partial charge >= 0.3 is 0 Å². The lowest BCUT2D eigenvalue weighted by molar-refractivity contribution is 0.737. The van der Waals surface area contributed by atoms with Gasteiger partial charge in [-0.1, -0.05) is 6.08 Å². The van der Waals surface area contributed by atoms with Gasteiger partial charge in [-0.15, -0.1) is 0 Å². The molecule has 0 spiro atoms. The molecule has 4 nitrogen and oxygen atoms in total. The quantitative estimate of drug-likeness (QED) is 0.799. The third-order valence-corrected chi connectivity index (χ3v) is 4.00. The van der Waals surface area contributed by atoms with E-state index in [0.29, 0.717) is 0 Å². The summed E-state index contributed by atoms with van der Waals surface area (Å²) in [5.41, 5.74) is 6.38. The van der Waals surface area contributed by atoms with Crippen molar-refractivity contribution in [2.24, 2.45) is 0 Å². The van der Waals surface area contributed by atoms with E-state index in [9.17, 15) is 0 Å². The van der Waals surface area contributed by atoms with Crippen LogP contribution in [0.1, 0.15) is 29.8 Å². The van der Waals surface area contributed by atoms with E-state index in [2.05, 4.69) is 26.3 Å². The van der Waals surface area contributed by atoms with Crippen molar-refractivity contribution in [3.8, 4) is 0 Å². The molecular formula is C14H16N4. The molecule has 1 aliphatic heterocycles. The van der Waals surface area contributed by atoms with Crippen molar-refractivity contribution in [1.82, 2.24) is 20.3 Å². The van der Waals surface area contributed by atoms with Crippen molar-refractivity contribution >= 4 is 16.6 Å². The number of fused-ring (bicyclic) bond motifs is 3. The minimum absolute atomic E-state index is 0.952. The number of rotatable bonds is 1. The minimum Gasteiger partial charge on any atom is -0.343 e. The summed E-state index contributed by atoms with van der Waals surface area (Å²) in [6, 6.07) is 0. The molecule has 92 valence electrons. The molecule has 4 heteroatoms. The van der Waals surface area contributed by atoms with Crippen molar-refractivity contribution in [2.75, 3.05) is 13.1 Å². The molecule has 2 aromatic rings. The Balaban J connectivity index is 1.97. The van der Waals surface area contributed by atoms with Crippen LogP contribution >= 0.6 is 0 Å². The predicted molar refractivity (Wildman–Crippen MR) is 71.4 cm³/mol. The molecule has 2 aromatic heterocycles. The van der Waals surface area contributed by atoms with Crippen LogP contribution in [0.2, 0.25) is 0 Å². The first kappa shape index (κ1) is 10.3. The van der Waals surface area contributed by atoms with Gasteiger partial charge in [0, 0.05) is 17.6 Å². The van der Waals surface area contributed by atoms with Crippen LogP contribution in [-0.4, -0.2) is 28.0 Å². The van der Waals surface area contributed by atoms with Crippen molar-refractivity contribution in [3.05, 3.63) is 29.4 Å². The van der Waals surface area contributed by atoms with Gasteiger partial charge < -0.3 is 10.3 Å². The van der Waals surface area contributed by atoms with Crippen LogP contribution in [0.3, 0.4) is 0 Å². The molecule has 0 unspecified atom stereocenters. The second-order valence-corrected chi connectivity index (χ2v) is 5.07. The van der Waals surface area contributed by atoms with Gasteiger partial charge in [0.2, 0.25) is 0 Å². The molecule has 1 aliphatic carbocycles. The van der Waals surface area contributed by atoms with Crippen molar-refractivity contribution < 1.29 is 0 Å². The first-order valence-corrected chi connectivity index (χ1v) is 6.68. The number of nitrogens with one attached hydrogen (secondary N) is 2. The highest BCUT2D eigenvalue weighted by Crippen LogP contribution is 2.33. The molecule has 0 amide bonds. The fraction of sp³-hybridized carbons (Fsp3) is 0.429. The Morgan fingerprint density at radius 3 is 3.00 bits per heavy atom.